The van der Waals surface area contributed by atoms with Gasteiger partial charge in [-0.05, 0) is 101 Å². The number of carbonyl (C=O) groups is 11. The van der Waals surface area contributed by atoms with Crippen molar-refractivity contribution in [2.75, 3.05) is 55.9 Å². The van der Waals surface area contributed by atoms with Crippen LogP contribution in [0.25, 0.3) is 0 Å². The summed E-state index contributed by atoms with van der Waals surface area (Å²) in [6.07, 6.45) is 3.04. The Morgan fingerprint density at radius 2 is 0.871 bits per heavy atom. The van der Waals surface area contributed by atoms with E-state index in [0.29, 0.717) is 6.42 Å². The summed E-state index contributed by atoms with van der Waals surface area (Å²) < 4.78 is 0. The van der Waals surface area contributed by atoms with E-state index in [1.54, 1.807) is 54.5 Å². The monoisotopic (exact) mass is 1200 g/mol. The van der Waals surface area contributed by atoms with E-state index in [4.69, 9.17) is 0 Å². The van der Waals surface area contributed by atoms with Gasteiger partial charge in [0.1, 0.15) is 60.4 Å². The molecule has 0 radical (unpaired) electrons. The molecule has 5 N–H and O–H groups in total. The van der Waals surface area contributed by atoms with Crippen LogP contribution in [0.5, 0.6) is 0 Å². The molecule has 1 saturated heterocycles. The largest absolute Gasteiger partial charge is 0.390 e. The topological polar surface area (TPSA) is 279 Å². The molecule has 23 nitrogen and oxygen atoms in total. The molecule has 1 unspecified atom stereocenters. The van der Waals surface area contributed by atoms with E-state index in [2.05, 4.69) is 21.3 Å². The summed E-state index contributed by atoms with van der Waals surface area (Å²) >= 11 is 0. The minimum atomic E-state index is -1.61. The highest BCUT2D eigenvalue weighted by Gasteiger charge is 2.45. The third-order valence-corrected chi connectivity index (χ3v) is 16.1. The number of amides is 11. The fraction of sp³-hybridized carbons (Fsp3) is 0.790. The maximum Gasteiger partial charge on any atom is 0.246 e. The quantitative estimate of drug-likeness (QED) is 0.148. The zero-order chi connectivity index (χ0) is 66.0. The first-order valence-electron chi connectivity index (χ1n) is 30.6. The van der Waals surface area contributed by atoms with E-state index in [1.807, 2.05) is 61.5 Å². The smallest absolute Gasteiger partial charge is 0.246 e. The van der Waals surface area contributed by atoms with Gasteiger partial charge in [-0.15, -0.1) is 0 Å². The van der Waals surface area contributed by atoms with Crippen LogP contribution in [0.15, 0.2) is 12.2 Å². The molecule has 1 aliphatic rings. The fourth-order valence-electron chi connectivity index (χ4n) is 10.7. The van der Waals surface area contributed by atoms with Gasteiger partial charge in [0.25, 0.3) is 0 Å². The molecule has 23 heteroatoms. The molecular formula is C62H111N11O12. The molecule has 1 heterocycles. The van der Waals surface area contributed by atoms with Crippen LogP contribution in [-0.4, -0.2) is 227 Å². The van der Waals surface area contributed by atoms with Crippen LogP contribution in [-0.2, 0) is 52.7 Å². The van der Waals surface area contributed by atoms with E-state index in [1.165, 1.54) is 87.7 Å². The first-order valence-corrected chi connectivity index (χ1v) is 30.6. The third kappa shape index (κ3) is 21.7. The number of likely N-dealkylation sites (N-methyl/N-ethyl adjacent to an activating group) is 7. The summed E-state index contributed by atoms with van der Waals surface area (Å²) in [6, 6.07) is -12.3. The molecule has 1 rings (SSSR count). The SMILES string of the molecule is C/C=C/C[C@@H](C)[C@@H](O)C1C(=O)N[C@H](CC)C(=O)N(C)CC(=O)N(C)[C@H](CC(C)C)C(=O)N[C@H](C(C)C)C(=O)N(C)[C@@H](CC(C)C)C(=O)N[C@@H](C)C(=O)N[C@H](C)C(=O)N(C)[C@@H](CC(C)C)C(=O)N(C)[C@@H](CC(C)C)C(=O)N(C)[C@@H](C(C)C)C(=O)N1C. The van der Waals surface area contributed by atoms with Crippen LogP contribution in [0, 0.1) is 41.4 Å². The lowest BCUT2D eigenvalue weighted by molar-refractivity contribution is -0.157. The third-order valence-electron chi connectivity index (χ3n) is 16.1. The Morgan fingerprint density at radius 3 is 1.32 bits per heavy atom. The van der Waals surface area contributed by atoms with E-state index in [0.717, 1.165) is 9.80 Å². The number of rotatable bonds is 15. The molecule has 1 aliphatic heterocycles. The van der Waals surface area contributed by atoms with Gasteiger partial charge in [0.2, 0.25) is 65.0 Å². The minimum Gasteiger partial charge on any atom is -0.390 e. The predicted octanol–water partition coefficient (Wildman–Crippen LogP) is 3.27. The maximum atomic E-state index is 15.1. The first-order chi connectivity index (χ1) is 39.2. The highest BCUT2D eigenvalue weighted by Crippen LogP contribution is 2.26. The van der Waals surface area contributed by atoms with Gasteiger partial charge in [-0.1, -0.05) is 109 Å². The van der Waals surface area contributed by atoms with Gasteiger partial charge in [0.05, 0.1) is 12.6 Å². The number of carbonyl (C=O) groups excluding carboxylic acids is 11. The van der Waals surface area contributed by atoms with Crippen LogP contribution in [0.4, 0.5) is 0 Å². The molecule has 0 bridgehead atoms. The molecule has 0 aromatic rings. The Hall–Kier alpha value is -6.13. The average Bonchev–Trinajstić information content (AvgIpc) is 3.62. The van der Waals surface area contributed by atoms with Crippen molar-refractivity contribution in [1.82, 2.24) is 55.6 Å². The molecule has 0 spiro atoms. The van der Waals surface area contributed by atoms with Gasteiger partial charge in [-0.25, -0.2) is 0 Å². The molecule has 11 amide bonds. The number of nitrogens with one attached hydrogen (secondary N) is 4. The van der Waals surface area contributed by atoms with Crippen molar-refractivity contribution >= 4 is 65.0 Å². The van der Waals surface area contributed by atoms with Gasteiger partial charge < -0.3 is 60.7 Å². The maximum absolute atomic E-state index is 15.1. The molecular weight excluding hydrogens is 1090 g/mol. The van der Waals surface area contributed by atoms with Gasteiger partial charge in [0, 0.05) is 49.3 Å². The second kappa shape index (κ2) is 34.9. The normalized spacial score (nSPS) is 26.9. The Kier molecular flexibility index (Phi) is 31.5. The highest BCUT2D eigenvalue weighted by molar-refractivity contribution is 5.99. The number of hydrogen-bond donors (Lipinski definition) is 5. The van der Waals surface area contributed by atoms with Gasteiger partial charge in [-0.2, -0.15) is 0 Å². The van der Waals surface area contributed by atoms with E-state index in [9.17, 15) is 48.3 Å². The summed E-state index contributed by atoms with van der Waals surface area (Å²) in [5, 5.41) is 23.1. The summed E-state index contributed by atoms with van der Waals surface area (Å²) in [4.78, 5) is 169. The van der Waals surface area contributed by atoms with Crippen molar-refractivity contribution in [1.29, 1.82) is 0 Å². The summed E-state index contributed by atoms with van der Waals surface area (Å²) in [7, 11) is 9.92. The number of aliphatic hydroxyl groups is 1. The van der Waals surface area contributed by atoms with Crippen LogP contribution in [0.1, 0.15) is 156 Å². The number of nitrogens with zero attached hydrogens (tertiary/aromatic N) is 7. The summed E-state index contributed by atoms with van der Waals surface area (Å²) in [5.74, 6) is -9.71. The van der Waals surface area contributed by atoms with Crippen molar-refractivity contribution in [2.45, 2.75) is 223 Å². The van der Waals surface area contributed by atoms with Crippen LogP contribution in [0.3, 0.4) is 0 Å². The van der Waals surface area contributed by atoms with Crippen molar-refractivity contribution in [3.63, 3.8) is 0 Å². The molecule has 0 aromatic carbocycles. The zero-order valence-electron chi connectivity index (χ0n) is 56.1. The van der Waals surface area contributed by atoms with Crippen LogP contribution < -0.4 is 21.3 Å². The lowest BCUT2D eigenvalue weighted by atomic mass is 9.91. The predicted molar refractivity (Wildman–Crippen MR) is 328 cm³/mol. The van der Waals surface area contributed by atoms with E-state index in [-0.39, 0.29) is 55.8 Å². The van der Waals surface area contributed by atoms with E-state index < -0.39 is 156 Å². The standard InChI is InChI=1S/C62H111N11O12/c1-25-27-28-40(15)52(75)51-56(79)65-43(26-2)58(81)67(18)33-48(74)68(19)44(29-34(3)4)55(78)66-49(38(11)12)61(84)69(20)45(30-35(5)6)54(77)63-41(16)53(76)64-42(17)57(80)70(21)46(31-36(7)8)59(82)71(22)47(32-37(9)10)60(83)72(23)50(39(13)14)62(85)73(51)24/h25,27,34-47,49-52,75H,26,28-33H2,1-24H3,(H,63,77)(H,64,76)(H,65,79)(H,66,78)/b27-25+/t40-,41+,42-,43-,44-,45+,46+,47+,49-,50+,51?,52-/m1/s1. The average molecular weight is 1200 g/mol. The van der Waals surface area contributed by atoms with E-state index >= 15 is 9.59 Å². The second-order valence-electron chi connectivity index (χ2n) is 26.1. The van der Waals surface area contributed by atoms with Crippen molar-refractivity contribution in [3.8, 4) is 0 Å². The van der Waals surface area contributed by atoms with Crippen molar-refractivity contribution in [2.24, 2.45) is 41.4 Å². The molecule has 486 valence electrons. The summed E-state index contributed by atoms with van der Waals surface area (Å²) in [5.41, 5.74) is 0. The lowest BCUT2D eigenvalue weighted by Gasteiger charge is -2.41. The van der Waals surface area contributed by atoms with Crippen molar-refractivity contribution in [3.05, 3.63) is 12.2 Å². The zero-order valence-corrected chi connectivity index (χ0v) is 56.1. The number of hydrogen-bond acceptors (Lipinski definition) is 12. The fourth-order valence-corrected chi connectivity index (χ4v) is 10.7. The Bertz CT molecular complexity index is 2330. The summed E-state index contributed by atoms with van der Waals surface area (Å²) in [6.45, 7) is 29.3. The Morgan fingerprint density at radius 1 is 0.459 bits per heavy atom. The van der Waals surface area contributed by atoms with Gasteiger partial charge in [-0.3, -0.25) is 52.7 Å². The van der Waals surface area contributed by atoms with Gasteiger partial charge in [0.15, 0.2) is 0 Å². The Balaban J connectivity index is 4.32. The minimum absolute atomic E-state index is 0.0229. The van der Waals surface area contributed by atoms with Gasteiger partial charge >= 0.3 is 0 Å². The van der Waals surface area contributed by atoms with Crippen molar-refractivity contribution < 1.29 is 57.8 Å². The number of allylic oxidation sites excluding steroid dienone is 2. The molecule has 1 fully saturated rings. The molecule has 0 aromatic heterocycles. The highest BCUT2D eigenvalue weighted by atomic mass is 16.3. The second-order valence-corrected chi connectivity index (χ2v) is 26.1. The molecule has 0 saturated carbocycles. The Labute approximate surface area is 508 Å². The molecule has 85 heavy (non-hydrogen) atoms. The van der Waals surface area contributed by atoms with Crippen LogP contribution >= 0.6 is 0 Å². The molecule has 12 atom stereocenters. The first kappa shape index (κ1) is 76.9. The number of aliphatic hydroxyl groups excluding tert-OH is 1. The molecule has 0 aliphatic carbocycles. The lowest BCUT2D eigenvalue weighted by Crippen LogP contribution is -2.63. The van der Waals surface area contributed by atoms with Crippen LogP contribution in [0.2, 0.25) is 0 Å².